The first-order valence-electron chi connectivity index (χ1n) is 5.33. The van der Waals surface area contributed by atoms with Gasteiger partial charge in [-0.3, -0.25) is 0 Å². The van der Waals surface area contributed by atoms with Crippen LogP contribution in [0.4, 0.5) is 0 Å². The summed E-state index contributed by atoms with van der Waals surface area (Å²) >= 11 is 0. The van der Waals surface area contributed by atoms with E-state index in [0.29, 0.717) is 0 Å². The average Bonchev–Trinajstić information content (AvgIpc) is 1.85. The molecule has 1 saturated carbocycles. The van der Waals surface area contributed by atoms with E-state index in [1.807, 2.05) is 0 Å². The molecule has 11 heavy (non-hydrogen) atoms. The third-order valence-electron chi connectivity index (χ3n) is 3.07. The summed E-state index contributed by atoms with van der Waals surface area (Å²) in [6, 6.07) is 0. The quantitative estimate of drug-likeness (QED) is 0.561. The summed E-state index contributed by atoms with van der Waals surface area (Å²) in [5.41, 5.74) is 0. The summed E-state index contributed by atoms with van der Waals surface area (Å²) in [6.45, 7) is 4.70. The van der Waals surface area contributed by atoms with Gasteiger partial charge < -0.3 is 0 Å². The maximum absolute atomic E-state index is 2.40. The van der Waals surface area contributed by atoms with E-state index in [1.165, 1.54) is 44.9 Å². The van der Waals surface area contributed by atoms with Gasteiger partial charge in [0.1, 0.15) is 0 Å². The van der Waals surface area contributed by atoms with Crippen LogP contribution in [0.25, 0.3) is 0 Å². The van der Waals surface area contributed by atoms with Gasteiger partial charge in [0.25, 0.3) is 0 Å². The minimum atomic E-state index is 0.987. The average molecular weight is 154 g/mol. The Labute approximate surface area is 71.4 Å². The molecule has 0 saturated heterocycles. The highest BCUT2D eigenvalue weighted by molar-refractivity contribution is 4.70. The van der Waals surface area contributed by atoms with Crippen molar-refractivity contribution in [3.05, 3.63) is 0 Å². The molecule has 1 rings (SSSR count). The molecule has 1 aliphatic carbocycles. The first kappa shape index (κ1) is 9.09. The van der Waals surface area contributed by atoms with E-state index in [9.17, 15) is 0 Å². The highest BCUT2D eigenvalue weighted by Gasteiger charge is 2.17. The van der Waals surface area contributed by atoms with Crippen molar-refractivity contribution < 1.29 is 0 Å². The Hall–Kier alpha value is 0. The lowest BCUT2D eigenvalue weighted by Gasteiger charge is -2.26. The summed E-state index contributed by atoms with van der Waals surface area (Å²) in [7, 11) is 0. The zero-order valence-electron chi connectivity index (χ0n) is 8.10. The Morgan fingerprint density at radius 2 is 2.00 bits per heavy atom. The van der Waals surface area contributed by atoms with Gasteiger partial charge in [0, 0.05) is 0 Å². The monoisotopic (exact) mass is 154 g/mol. The zero-order chi connectivity index (χ0) is 8.10. The van der Waals surface area contributed by atoms with Crippen molar-refractivity contribution in [1.82, 2.24) is 0 Å². The van der Waals surface area contributed by atoms with Gasteiger partial charge in [0.15, 0.2) is 0 Å². The number of hydrogen-bond acceptors (Lipinski definition) is 0. The molecule has 0 aromatic heterocycles. The highest BCUT2D eigenvalue weighted by Crippen LogP contribution is 2.32. The van der Waals surface area contributed by atoms with Crippen LogP contribution < -0.4 is 0 Å². The Morgan fingerprint density at radius 3 is 2.45 bits per heavy atom. The van der Waals surface area contributed by atoms with Crippen molar-refractivity contribution in [2.75, 3.05) is 0 Å². The van der Waals surface area contributed by atoms with Crippen molar-refractivity contribution in [1.29, 1.82) is 0 Å². The zero-order valence-corrected chi connectivity index (χ0v) is 8.10. The van der Waals surface area contributed by atoms with Gasteiger partial charge in [-0.2, -0.15) is 0 Å². The second-order valence-electron chi connectivity index (χ2n) is 4.27. The lowest BCUT2D eigenvalue weighted by atomic mass is 9.80. The van der Waals surface area contributed by atoms with Crippen LogP contribution in [0, 0.1) is 11.8 Å². The molecule has 0 aromatic rings. The molecule has 1 fully saturated rings. The van der Waals surface area contributed by atoms with E-state index in [2.05, 4.69) is 13.8 Å². The molecule has 0 N–H and O–H groups in total. The fraction of sp³-hybridized carbons (Fsp3) is 1.00. The molecule has 0 aliphatic heterocycles. The molecular weight excluding hydrogens is 132 g/mol. The molecule has 0 bridgehead atoms. The Morgan fingerprint density at radius 1 is 1.27 bits per heavy atom. The van der Waals surface area contributed by atoms with Crippen LogP contribution in [0.1, 0.15) is 58.8 Å². The van der Waals surface area contributed by atoms with Crippen LogP contribution >= 0.6 is 0 Å². The van der Waals surface area contributed by atoms with Crippen molar-refractivity contribution in [2.24, 2.45) is 11.8 Å². The van der Waals surface area contributed by atoms with Gasteiger partial charge in [0.2, 0.25) is 0 Å². The maximum atomic E-state index is 2.40. The minimum Gasteiger partial charge on any atom is -0.0654 e. The third-order valence-corrected chi connectivity index (χ3v) is 3.07. The molecule has 0 heterocycles. The fourth-order valence-corrected chi connectivity index (χ4v) is 1.94. The largest absolute Gasteiger partial charge is 0.0654 e. The SMILES string of the molecule is CCCC(C)CCC1CCC1. The second-order valence-corrected chi connectivity index (χ2v) is 4.27. The van der Waals surface area contributed by atoms with Gasteiger partial charge >= 0.3 is 0 Å². The Balaban J connectivity index is 1.92. The maximum Gasteiger partial charge on any atom is -0.0414 e. The van der Waals surface area contributed by atoms with Crippen LogP contribution in [0.2, 0.25) is 0 Å². The van der Waals surface area contributed by atoms with E-state index in [4.69, 9.17) is 0 Å². The summed E-state index contributed by atoms with van der Waals surface area (Å²) in [5, 5.41) is 0. The van der Waals surface area contributed by atoms with Crippen LogP contribution in [-0.4, -0.2) is 0 Å². The molecule has 0 amide bonds. The first-order valence-corrected chi connectivity index (χ1v) is 5.33. The van der Waals surface area contributed by atoms with Crippen LogP contribution in [0.5, 0.6) is 0 Å². The fourth-order valence-electron chi connectivity index (χ4n) is 1.94. The molecule has 0 radical (unpaired) electrons. The lowest BCUT2D eigenvalue weighted by Crippen LogP contribution is -2.11. The molecule has 0 aromatic carbocycles. The van der Waals surface area contributed by atoms with Gasteiger partial charge in [0.05, 0.1) is 0 Å². The van der Waals surface area contributed by atoms with Crippen LogP contribution in [-0.2, 0) is 0 Å². The molecule has 0 spiro atoms. The van der Waals surface area contributed by atoms with Crippen molar-refractivity contribution in [3.63, 3.8) is 0 Å². The summed E-state index contributed by atoms with van der Waals surface area (Å²) in [6.07, 6.45) is 10.4. The van der Waals surface area contributed by atoms with Crippen LogP contribution in [0.3, 0.4) is 0 Å². The van der Waals surface area contributed by atoms with E-state index in [0.717, 1.165) is 11.8 Å². The Kier molecular flexibility index (Phi) is 3.96. The summed E-state index contributed by atoms with van der Waals surface area (Å²) in [5.74, 6) is 2.11. The van der Waals surface area contributed by atoms with Crippen LogP contribution in [0.15, 0.2) is 0 Å². The molecule has 1 unspecified atom stereocenters. The van der Waals surface area contributed by atoms with Crippen molar-refractivity contribution >= 4 is 0 Å². The number of rotatable bonds is 5. The van der Waals surface area contributed by atoms with Gasteiger partial charge in [-0.25, -0.2) is 0 Å². The van der Waals surface area contributed by atoms with Crippen molar-refractivity contribution in [2.45, 2.75) is 58.8 Å². The van der Waals surface area contributed by atoms with E-state index < -0.39 is 0 Å². The smallest absolute Gasteiger partial charge is 0.0414 e. The number of hydrogen-bond donors (Lipinski definition) is 0. The predicted octanol–water partition coefficient (Wildman–Crippen LogP) is 4.00. The second kappa shape index (κ2) is 4.79. The van der Waals surface area contributed by atoms with E-state index in [-0.39, 0.29) is 0 Å². The molecule has 0 nitrogen and oxygen atoms in total. The molecule has 0 heteroatoms. The molecular formula is C11H22. The van der Waals surface area contributed by atoms with Gasteiger partial charge in [-0.1, -0.05) is 58.8 Å². The third kappa shape index (κ3) is 3.27. The molecule has 1 atom stereocenters. The highest BCUT2D eigenvalue weighted by atomic mass is 14.2. The van der Waals surface area contributed by atoms with Crippen molar-refractivity contribution in [3.8, 4) is 0 Å². The minimum absolute atomic E-state index is 0.987. The van der Waals surface area contributed by atoms with E-state index in [1.54, 1.807) is 0 Å². The Bertz CT molecular complexity index is 92.2. The standard InChI is InChI=1S/C11H22/c1-3-5-10(2)8-9-11-6-4-7-11/h10-11H,3-9H2,1-2H3. The lowest BCUT2D eigenvalue weighted by molar-refractivity contribution is 0.270. The van der Waals surface area contributed by atoms with E-state index >= 15 is 0 Å². The first-order chi connectivity index (χ1) is 5.33. The summed E-state index contributed by atoms with van der Waals surface area (Å²) < 4.78 is 0. The normalized spacial score (nSPS) is 21.3. The summed E-state index contributed by atoms with van der Waals surface area (Å²) in [4.78, 5) is 0. The van der Waals surface area contributed by atoms with Gasteiger partial charge in [-0.15, -0.1) is 0 Å². The molecule has 66 valence electrons. The molecule has 1 aliphatic rings. The topological polar surface area (TPSA) is 0 Å². The van der Waals surface area contributed by atoms with Gasteiger partial charge in [-0.05, 0) is 11.8 Å². The predicted molar refractivity (Wildman–Crippen MR) is 50.6 cm³/mol.